The van der Waals surface area contributed by atoms with Gasteiger partial charge in [0.2, 0.25) is 0 Å². The monoisotopic (exact) mass is 358 g/mol. The summed E-state index contributed by atoms with van der Waals surface area (Å²) in [4.78, 5) is 10.6. The average Bonchev–Trinajstić information content (AvgIpc) is 2.62. The molecule has 0 amide bonds. The number of benzene rings is 2. The molecule has 0 saturated carbocycles. The van der Waals surface area contributed by atoms with Gasteiger partial charge in [-0.3, -0.25) is 0 Å². The van der Waals surface area contributed by atoms with Gasteiger partial charge in [0.25, 0.3) is 0 Å². The van der Waals surface area contributed by atoms with Crippen LogP contribution in [0.25, 0.3) is 6.08 Å². The Bertz CT molecular complexity index is 723. The topological polar surface area (TPSA) is 85.2 Å². The molecule has 0 radical (unpaired) electrons. The number of hydrogen-bond donors (Lipinski definition) is 2. The van der Waals surface area contributed by atoms with Gasteiger partial charge in [-0.1, -0.05) is 31.5 Å². The zero-order chi connectivity index (χ0) is 18.8. The van der Waals surface area contributed by atoms with Gasteiger partial charge in [-0.15, -0.1) is 0 Å². The number of aliphatic carboxylic acids is 1. The molecule has 2 N–H and O–H groups in total. The van der Waals surface area contributed by atoms with E-state index < -0.39 is 12.4 Å². The second-order valence-electron chi connectivity index (χ2n) is 5.43. The molecule has 0 saturated heterocycles. The number of aliphatic hydroxyl groups excluding tert-OH is 1. The van der Waals surface area contributed by atoms with Crippen LogP contribution in [0.3, 0.4) is 0 Å². The fourth-order valence-corrected chi connectivity index (χ4v) is 2.08. The number of carboxylic acid groups (broad SMARTS) is 1. The maximum absolute atomic E-state index is 10.6. The van der Waals surface area contributed by atoms with Gasteiger partial charge in [0.05, 0.1) is 6.61 Å². The molecule has 0 bridgehead atoms. The molecule has 1 unspecified atom stereocenters. The highest BCUT2D eigenvalue weighted by molar-refractivity contribution is 5.85. The fourth-order valence-electron chi connectivity index (χ4n) is 2.08. The van der Waals surface area contributed by atoms with Crippen LogP contribution < -0.4 is 14.2 Å². The van der Waals surface area contributed by atoms with Crippen molar-refractivity contribution in [3.8, 4) is 17.2 Å². The third-order valence-corrected chi connectivity index (χ3v) is 3.38. The molecule has 0 aliphatic heterocycles. The highest BCUT2D eigenvalue weighted by atomic mass is 16.8. The van der Waals surface area contributed by atoms with Gasteiger partial charge in [0, 0.05) is 11.6 Å². The van der Waals surface area contributed by atoms with Crippen LogP contribution in [0.15, 0.2) is 54.6 Å². The van der Waals surface area contributed by atoms with Crippen LogP contribution in [0.1, 0.15) is 25.3 Å². The maximum Gasteiger partial charge on any atom is 0.358 e. The Morgan fingerprint density at radius 3 is 2.46 bits per heavy atom. The molecule has 0 aromatic heterocycles. The molecule has 0 fully saturated rings. The van der Waals surface area contributed by atoms with Crippen molar-refractivity contribution in [3.05, 3.63) is 60.2 Å². The van der Waals surface area contributed by atoms with Crippen molar-refractivity contribution < 1.29 is 29.2 Å². The molecule has 0 aliphatic carbocycles. The SMILES string of the molecule is CCCCOc1ccc(OC(O)Oc2ccccc2/C=C/C(=O)O)cc1. The average molecular weight is 358 g/mol. The van der Waals surface area contributed by atoms with Crippen LogP contribution in [0.2, 0.25) is 0 Å². The number of carboxylic acids is 1. The quantitative estimate of drug-likeness (QED) is 0.383. The lowest BCUT2D eigenvalue weighted by Crippen LogP contribution is -2.23. The number of hydrogen-bond acceptors (Lipinski definition) is 5. The van der Waals surface area contributed by atoms with Crippen LogP contribution in [0.5, 0.6) is 17.2 Å². The van der Waals surface area contributed by atoms with Crippen molar-refractivity contribution in [2.24, 2.45) is 0 Å². The molecule has 138 valence electrons. The molecule has 6 heteroatoms. The molecule has 1 atom stereocenters. The smallest absolute Gasteiger partial charge is 0.358 e. The lowest BCUT2D eigenvalue weighted by atomic mass is 10.2. The van der Waals surface area contributed by atoms with E-state index in [-0.39, 0.29) is 0 Å². The van der Waals surface area contributed by atoms with E-state index in [9.17, 15) is 9.90 Å². The Morgan fingerprint density at radius 2 is 1.77 bits per heavy atom. The van der Waals surface area contributed by atoms with Gasteiger partial charge in [-0.05, 0) is 42.8 Å². The Labute approximate surface area is 152 Å². The number of rotatable bonds is 10. The summed E-state index contributed by atoms with van der Waals surface area (Å²) in [5, 5.41) is 18.7. The van der Waals surface area contributed by atoms with Crippen molar-refractivity contribution in [1.82, 2.24) is 0 Å². The molecule has 2 aromatic carbocycles. The lowest BCUT2D eigenvalue weighted by Gasteiger charge is -2.16. The third-order valence-electron chi connectivity index (χ3n) is 3.38. The minimum absolute atomic E-state index is 0.303. The summed E-state index contributed by atoms with van der Waals surface area (Å²) < 4.78 is 16.2. The number of aliphatic hydroxyl groups is 1. The van der Waals surface area contributed by atoms with Crippen molar-refractivity contribution in [1.29, 1.82) is 0 Å². The van der Waals surface area contributed by atoms with Crippen molar-refractivity contribution >= 4 is 12.0 Å². The Hall–Kier alpha value is -2.99. The molecule has 2 rings (SSSR count). The van der Waals surface area contributed by atoms with E-state index in [0.717, 1.165) is 24.7 Å². The number of ether oxygens (including phenoxy) is 3. The minimum Gasteiger partial charge on any atom is -0.494 e. The molecule has 6 nitrogen and oxygen atoms in total. The standard InChI is InChI=1S/C20H22O6/c1-2-3-14-24-16-9-11-17(12-10-16)25-20(23)26-18-7-5-4-6-15(18)8-13-19(21)22/h4-13,20,23H,2-3,14H2,1H3,(H,21,22)/b13-8+. The summed E-state index contributed by atoms with van der Waals surface area (Å²) in [7, 11) is 0. The summed E-state index contributed by atoms with van der Waals surface area (Å²) in [6, 6.07) is 13.6. The van der Waals surface area contributed by atoms with Crippen molar-refractivity contribution in [2.45, 2.75) is 26.2 Å². The van der Waals surface area contributed by atoms with E-state index in [1.54, 1.807) is 48.5 Å². The van der Waals surface area contributed by atoms with Gasteiger partial charge in [0.1, 0.15) is 17.2 Å². The van der Waals surface area contributed by atoms with Crippen LogP contribution in [-0.4, -0.2) is 29.3 Å². The van der Waals surface area contributed by atoms with Gasteiger partial charge >= 0.3 is 12.4 Å². The van der Waals surface area contributed by atoms with Crippen LogP contribution in [0, 0.1) is 0 Å². The van der Waals surface area contributed by atoms with E-state index in [1.165, 1.54) is 6.08 Å². The van der Waals surface area contributed by atoms with Gasteiger partial charge in [-0.2, -0.15) is 0 Å². The fraction of sp³-hybridized carbons (Fsp3) is 0.250. The third kappa shape index (κ3) is 6.49. The number of para-hydroxylation sites is 1. The zero-order valence-electron chi connectivity index (χ0n) is 14.5. The van der Waals surface area contributed by atoms with Crippen molar-refractivity contribution in [3.63, 3.8) is 0 Å². The minimum atomic E-state index is -1.54. The first-order valence-electron chi connectivity index (χ1n) is 8.32. The predicted octanol–water partition coefficient (Wildman–Crippen LogP) is 3.70. The maximum atomic E-state index is 10.6. The second kappa shape index (κ2) is 10.1. The van der Waals surface area contributed by atoms with Gasteiger partial charge in [0.15, 0.2) is 0 Å². The summed E-state index contributed by atoms with van der Waals surface area (Å²) in [5.41, 5.74) is 0.511. The van der Waals surface area contributed by atoms with Crippen LogP contribution in [0.4, 0.5) is 0 Å². The van der Waals surface area contributed by atoms with Crippen LogP contribution >= 0.6 is 0 Å². The normalized spacial score (nSPS) is 11.9. The zero-order valence-corrected chi connectivity index (χ0v) is 14.5. The van der Waals surface area contributed by atoms with Gasteiger partial charge in [-0.25, -0.2) is 4.79 Å². The van der Waals surface area contributed by atoms with Crippen LogP contribution in [-0.2, 0) is 4.79 Å². The number of unbranched alkanes of at least 4 members (excludes halogenated alkanes) is 1. The predicted molar refractivity (Wildman–Crippen MR) is 97.2 cm³/mol. The van der Waals surface area contributed by atoms with E-state index in [0.29, 0.717) is 23.7 Å². The summed E-state index contributed by atoms with van der Waals surface area (Å²) in [5.74, 6) is 0.374. The highest BCUT2D eigenvalue weighted by Crippen LogP contribution is 2.23. The first-order chi connectivity index (χ1) is 12.6. The first-order valence-corrected chi connectivity index (χ1v) is 8.32. The number of carbonyl (C=O) groups is 1. The summed E-state index contributed by atoms with van der Waals surface area (Å²) >= 11 is 0. The Balaban J connectivity index is 1.94. The van der Waals surface area contributed by atoms with E-state index in [2.05, 4.69) is 6.92 Å². The second-order valence-corrected chi connectivity index (χ2v) is 5.43. The Kier molecular flexibility index (Phi) is 7.51. The largest absolute Gasteiger partial charge is 0.494 e. The summed E-state index contributed by atoms with van der Waals surface area (Å²) in [6.45, 7) is 1.21. The molecule has 26 heavy (non-hydrogen) atoms. The lowest BCUT2D eigenvalue weighted by molar-refractivity contribution is -0.160. The van der Waals surface area contributed by atoms with Gasteiger partial charge < -0.3 is 24.4 Å². The molecule has 0 spiro atoms. The van der Waals surface area contributed by atoms with E-state index in [4.69, 9.17) is 19.3 Å². The summed E-state index contributed by atoms with van der Waals surface area (Å²) in [6.07, 6.45) is 4.42. The molecule has 2 aromatic rings. The van der Waals surface area contributed by atoms with E-state index >= 15 is 0 Å². The molecular weight excluding hydrogens is 336 g/mol. The molecule has 0 heterocycles. The Morgan fingerprint density at radius 1 is 1.08 bits per heavy atom. The highest BCUT2D eigenvalue weighted by Gasteiger charge is 2.10. The first kappa shape index (κ1) is 19.3. The van der Waals surface area contributed by atoms with Crippen molar-refractivity contribution in [2.75, 3.05) is 6.61 Å². The molecule has 0 aliphatic rings. The molecular formula is C20H22O6. The van der Waals surface area contributed by atoms with E-state index in [1.807, 2.05) is 0 Å².